The van der Waals surface area contributed by atoms with Gasteiger partial charge < -0.3 is 4.84 Å². The summed E-state index contributed by atoms with van der Waals surface area (Å²) < 4.78 is 0. The molecule has 0 spiro atoms. The number of hydrogen-bond donors (Lipinski definition) is 0. The Bertz CT molecular complexity index is 491. The highest BCUT2D eigenvalue weighted by Crippen LogP contribution is 2.45. The summed E-state index contributed by atoms with van der Waals surface area (Å²) in [5.41, 5.74) is 2.22. The van der Waals surface area contributed by atoms with Gasteiger partial charge >= 0.3 is 0 Å². The minimum absolute atomic E-state index is 0.140. The van der Waals surface area contributed by atoms with Gasteiger partial charge in [-0.25, -0.2) is 0 Å². The van der Waals surface area contributed by atoms with Crippen molar-refractivity contribution >= 4 is 5.71 Å². The van der Waals surface area contributed by atoms with E-state index in [4.69, 9.17) is 4.84 Å². The summed E-state index contributed by atoms with van der Waals surface area (Å²) in [6.45, 7) is 7.86. The van der Waals surface area contributed by atoms with Crippen molar-refractivity contribution in [2.45, 2.75) is 12.5 Å². The van der Waals surface area contributed by atoms with Crippen LogP contribution >= 0.6 is 0 Å². The standard InChI is InChI=1S/C16H17NO/c1-3-11-10-12(4-2)16-14(11)15(17-18-16)13-8-6-5-7-9-13/h3-9,11-12,14,16H,1-2,10H2/t11-,12+,14-,16-/m1/s1. The van der Waals surface area contributed by atoms with Gasteiger partial charge in [0.2, 0.25) is 0 Å². The highest BCUT2D eigenvalue weighted by Gasteiger charge is 2.48. The van der Waals surface area contributed by atoms with E-state index in [9.17, 15) is 0 Å². The maximum Gasteiger partial charge on any atom is 0.142 e. The molecule has 3 rings (SSSR count). The molecule has 1 fully saturated rings. The number of rotatable bonds is 3. The molecule has 2 heteroatoms. The zero-order valence-corrected chi connectivity index (χ0v) is 10.3. The smallest absolute Gasteiger partial charge is 0.142 e. The second-order valence-corrected chi connectivity index (χ2v) is 4.97. The minimum Gasteiger partial charge on any atom is -0.391 e. The molecule has 1 aromatic rings. The van der Waals surface area contributed by atoms with Crippen LogP contribution in [0.4, 0.5) is 0 Å². The van der Waals surface area contributed by atoms with Crippen LogP contribution in [0.2, 0.25) is 0 Å². The van der Waals surface area contributed by atoms with Crippen molar-refractivity contribution in [1.29, 1.82) is 0 Å². The molecule has 0 bridgehead atoms. The highest BCUT2D eigenvalue weighted by atomic mass is 16.6. The first-order valence-electron chi connectivity index (χ1n) is 6.39. The fraction of sp³-hybridized carbons (Fsp3) is 0.312. The van der Waals surface area contributed by atoms with Gasteiger partial charge in [-0.2, -0.15) is 0 Å². The third-order valence-electron chi connectivity index (χ3n) is 4.05. The van der Waals surface area contributed by atoms with Gasteiger partial charge in [-0.1, -0.05) is 47.6 Å². The van der Waals surface area contributed by atoms with Gasteiger partial charge in [0.15, 0.2) is 0 Å². The molecule has 1 aliphatic carbocycles. The Kier molecular flexibility index (Phi) is 2.78. The predicted molar refractivity (Wildman–Crippen MR) is 73.3 cm³/mol. The van der Waals surface area contributed by atoms with Crippen molar-refractivity contribution in [2.75, 3.05) is 0 Å². The zero-order chi connectivity index (χ0) is 12.5. The molecule has 1 heterocycles. The molecule has 2 aliphatic rings. The lowest BCUT2D eigenvalue weighted by atomic mass is 9.87. The fourth-order valence-corrected chi connectivity index (χ4v) is 3.11. The molecular formula is C16H17NO. The van der Waals surface area contributed by atoms with Crippen LogP contribution in [0.5, 0.6) is 0 Å². The summed E-state index contributed by atoms with van der Waals surface area (Å²) in [5.74, 6) is 1.13. The molecule has 0 amide bonds. The van der Waals surface area contributed by atoms with E-state index in [0.717, 1.165) is 17.7 Å². The van der Waals surface area contributed by atoms with Crippen molar-refractivity contribution in [3.8, 4) is 0 Å². The summed E-state index contributed by atoms with van der Waals surface area (Å²) in [7, 11) is 0. The molecule has 2 nitrogen and oxygen atoms in total. The van der Waals surface area contributed by atoms with E-state index < -0.39 is 0 Å². The molecule has 92 valence electrons. The van der Waals surface area contributed by atoms with Gasteiger partial charge in [0.1, 0.15) is 6.10 Å². The molecule has 0 saturated heterocycles. The van der Waals surface area contributed by atoms with Crippen molar-refractivity contribution in [1.82, 2.24) is 0 Å². The molecule has 0 radical (unpaired) electrons. The van der Waals surface area contributed by atoms with Gasteiger partial charge in [0, 0.05) is 5.92 Å². The van der Waals surface area contributed by atoms with E-state index in [1.54, 1.807) is 0 Å². The SMILES string of the molecule is C=C[C@@H]1C[C@H](C=C)[C@H]2ON=C(c3ccccc3)[C@H]21. The molecule has 18 heavy (non-hydrogen) atoms. The van der Waals surface area contributed by atoms with E-state index in [1.165, 1.54) is 0 Å². The number of nitrogens with zero attached hydrogens (tertiary/aromatic N) is 1. The summed E-state index contributed by atoms with van der Waals surface area (Å²) in [6.07, 6.45) is 5.23. The Balaban J connectivity index is 1.95. The van der Waals surface area contributed by atoms with Crippen LogP contribution in [0, 0.1) is 17.8 Å². The average molecular weight is 239 g/mol. The normalized spacial score (nSPS) is 33.4. The summed E-state index contributed by atoms with van der Waals surface area (Å²) in [4.78, 5) is 5.65. The fourth-order valence-electron chi connectivity index (χ4n) is 3.11. The molecule has 1 aromatic carbocycles. The largest absolute Gasteiger partial charge is 0.391 e. The van der Waals surface area contributed by atoms with Gasteiger partial charge in [-0.05, 0) is 17.9 Å². The number of fused-ring (bicyclic) bond motifs is 1. The number of oxime groups is 1. The first-order chi connectivity index (χ1) is 8.85. The van der Waals surface area contributed by atoms with Crippen molar-refractivity contribution < 1.29 is 4.84 Å². The molecule has 4 atom stereocenters. The second kappa shape index (κ2) is 4.45. The Morgan fingerprint density at radius 3 is 2.50 bits per heavy atom. The van der Waals surface area contributed by atoms with Crippen LogP contribution in [-0.2, 0) is 4.84 Å². The lowest BCUT2D eigenvalue weighted by molar-refractivity contribution is 0.0528. The molecule has 0 N–H and O–H groups in total. The summed E-state index contributed by atoms with van der Waals surface area (Å²) >= 11 is 0. The van der Waals surface area contributed by atoms with Crippen molar-refractivity contribution in [3.05, 3.63) is 61.2 Å². The molecular weight excluding hydrogens is 222 g/mol. The Hall–Kier alpha value is -1.83. The first-order valence-corrected chi connectivity index (χ1v) is 6.39. The van der Waals surface area contributed by atoms with E-state index in [1.807, 2.05) is 30.4 Å². The number of hydrogen-bond acceptors (Lipinski definition) is 2. The van der Waals surface area contributed by atoms with Crippen LogP contribution in [-0.4, -0.2) is 11.8 Å². The average Bonchev–Trinajstić information content (AvgIpc) is 2.99. The van der Waals surface area contributed by atoms with Gasteiger partial charge in [-0.3, -0.25) is 0 Å². The predicted octanol–water partition coefficient (Wildman–Crippen LogP) is 3.41. The highest BCUT2D eigenvalue weighted by molar-refractivity contribution is 6.03. The molecule has 0 aromatic heterocycles. The van der Waals surface area contributed by atoms with Gasteiger partial charge in [-0.15, -0.1) is 13.2 Å². The first kappa shape index (κ1) is 11.3. The van der Waals surface area contributed by atoms with E-state index >= 15 is 0 Å². The quantitative estimate of drug-likeness (QED) is 0.741. The minimum atomic E-state index is 0.140. The maximum atomic E-state index is 5.65. The molecule has 0 unspecified atom stereocenters. The van der Waals surface area contributed by atoms with Crippen molar-refractivity contribution in [2.24, 2.45) is 22.9 Å². The number of allylic oxidation sites excluding steroid dienone is 1. The second-order valence-electron chi connectivity index (χ2n) is 4.97. The third kappa shape index (κ3) is 1.60. The van der Waals surface area contributed by atoms with E-state index in [-0.39, 0.29) is 6.10 Å². The van der Waals surface area contributed by atoms with Gasteiger partial charge in [0.05, 0.1) is 11.6 Å². The van der Waals surface area contributed by atoms with Gasteiger partial charge in [0.25, 0.3) is 0 Å². The molecule has 1 aliphatic heterocycles. The van der Waals surface area contributed by atoms with Crippen LogP contribution in [0.15, 0.2) is 60.8 Å². The third-order valence-corrected chi connectivity index (χ3v) is 4.05. The van der Waals surface area contributed by atoms with Crippen molar-refractivity contribution in [3.63, 3.8) is 0 Å². The lowest BCUT2D eigenvalue weighted by Crippen LogP contribution is -2.25. The monoisotopic (exact) mass is 239 g/mol. The molecule has 1 saturated carbocycles. The Labute approximate surface area is 108 Å². The summed E-state index contributed by atoms with van der Waals surface area (Å²) in [6, 6.07) is 10.3. The van der Waals surface area contributed by atoms with E-state index in [0.29, 0.717) is 17.8 Å². The Morgan fingerprint density at radius 1 is 1.11 bits per heavy atom. The van der Waals surface area contributed by atoms with E-state index in [2.05, 4.69) is 30.4 Å². The lowest BCUT2D eigenvalue weighted by Gasteiger charge is -2.15. The van der Waals surface area contributed by atoms with Crippen LogP contribution in [0.3, 0.4) is 0 Å². The summed E-state index contributed by atoms with van der Waals surface area (Å²) in [5, 5.41) is 4.31. The zero-order valence-electron chi connectivity index (χ0n) is 10.3. The van der Waals surface area contributed by atoms with Crippen LogP contribution < -0.4 is 0 Å². The maximum absolute atomic E-state index is 5.65. The topological polar surface area (TPSA) is 21.6 Å². The number of benzene rings is 1. The van der Waals surface area contributed by atoms with Crippen LogP contribution in [0.25, 0.3) is 0 Å². The Morgan fingerprint density at radius 2 is 1.83 bits per heavy atom. The van der Waals surface area contributed by atoms with Crippen LogP contribution in [0.1, 0.15) is 12.0 Å².